The lowest BCUT2D eigenvalue weighted by Gasteiger charge is -2.40. The van der Waals surface area contributed by atoms with Gasteiger partial charge in [0.1, 0.15) is 17.2 Å². The fraction of sp³-hybridized carbons (Fsp3) is 0.586. The number of rotatable bonds is 11. The van der Waals surface area contributed by atoms with E-state index in [1.807, 2.05) is 0 Å². The monoisotopic (exact) mass is 788 g/mol. The standard InChI is InChI=1S/C29H56O10Si8/c1-12-28(47(11)38-44(8)34-41(5)35-45(9)39-47)31-27-20-16-25(17-21-27)29(2,3)24-14-18-26(19-15-24)30-22-13-23-46(10)36-42(6)32-40(4)33-43(7)37-46/h14-21,28,40-45H,12-13,22-23H2,1-11H3. The van der Waals surface area contributed by atoms with Crippen molar-refractivity contribution in [1.29, 1.82) is 0 Å². The van der Waals surface area contributed by atoms with Gasteiger partial charge in [0, 0.05) is 5.41 Å². The van der Waals surface area contributed by atoms with Crippen LogP contribution >= 0.6 is 0 Å². The molecule has 2 aliphatic heterocycles. The summed E-state index contributed by atoms with van der Waals surface area (Å²) in [6, 6.07) is 17.7. The second kappa shape index (κ2) is 17.1. The molecule has 0 bridgehead atoms. The first-order chi connectivity index (χ1) is 22.1. The SMILES string of the molecule is CCC(Oc1ccc(C(C)(C)c2ccc(OCCC[Si]3(C)O[SiH](C)O[SiH](C)O[SiH](C)O3)cc2)cc1)[Si]1(C)O[SiH](C)O[SiH](C)O[SiH](C)O1. The van der Waals surface area contributed by atoms with Gasteiger partial charge in [0.2, 0.25) is 0 Å². The van der Waals surface area contributed by atoms with Gasteiger partial charge in [-0.3, -0.25) is 0 Å². The minimum atomic E-state index is -2.69. The highest BCUT2D eigenvalue weighted by molar-refractivity contribution is 6.82. The minimum Gasteiger partial charge on any atom is -0.494 e. The first kappa shape index (κ1) is 39.2. The molecule has 18 heteroatoms. The smallest absolute Gasteiger partial charge is 0.359 e. The van der Waals surface area contributed by atoms with Crippen LogP contribution in [-0.2, 0) is 38.3 Å². The van der Waals surface area contributed by atoms with Crippen LogP contribution in [0.5, 0.6) is 11.5 Å². The second-order valence-electron chi connectivity index (χ2n) is 13.2. The first-order valence-electron chi connectivity index (χ1n) is 16.9. The van der Waals surface area contributed by atoms with E-state index in [9.17, 15) is 0 Å². The van der Waals surface area contributed by atoms with Crippen LogP contribution in [0.25, 0.3) is 0 Å². The van der Waals surface area contributed by atoms with Crippen molar-refractivity contribution in [2.45, 2.75) is 103 Å². The van der Waals surface area contributed by atoms with E-state index in [1.54, 1.807) is 0 Å². The van der Waals surface area contributed by atoms with Crippen LogP contribution < -0.4 is 9.47 Å². The fourth-order valence-electron chi connectivity index (χ4n) is 6.33. The third-order valence-corrected chi connectivity index (χ3v) is 36.9. The highest BCUT2D eigenvalue weighted by atomic mass is 28.5. The zero-order valence-corrected chi connectivity index (χ0v) is 39.0. The van der Waals surface area contributed by atoms with Gasteiger partial charge >= 0.3 is 17.1 Å². The number of hydrogen-bond donors (Lipinski definition) is 0. The van der Waals surface area contributed by atoms with Gasteiger partial charge < -0.3 is 42.4 Å². The highest BCUT2D eigenvalue weighted by Crippen LogP contribution is 2.34. The molecule has 10 nitrogen and oxygen atoms in total. The maximum absolute atomic E-state index is 6.55. The lowest BCUT2D eigenvalue weighted by atomic mass is 9.78. The predicted molar refractivity (Wildman–Crippen MR) is 205 cm³/mol. The molecule has 2 fully saturated rings. The Balaban J connectivity index is 1.32. The molecule has 0 aliphatic carbocycles. The van der Waals surface area contributed by atoms with Crippen molar-refractivity contribution in [2.75, 3.05) is 6.61 Å². The molecule has 2 heterocycles. The molecule has 2 aliphatic rings. The van der Waals surface area contributed by atoms with Crippen LogP contribution in [0, 0.1) is 0 Å². The molecule has 0 saturated carbocycles. The van der Waals surface area contributed by atoms with Crippen LogP contribution in [0.1, 0.15) is 44.7 Å². The number of hydrogen-bond acceptors (Lipinski definition) is 10. The minimum absolute atomic E-state index is 0.160. The Morgan fingerprint density at radius 3 is 1.51 bits per heavy atom. The molecular weight excluding hydrogens is 733 g/mol. The van der Waals surface area contributed by atoms with Gasteiger partial charge in [0.25, 0.3) is 55.7 Å². The third-order valence-electron chi connectivity index (χ3n) is 8.59. The van der Waals surface area contributed by atoms with E-state index < -0.39 is 72.8 Å². The lowest BCUT2D eigenvalue weighted by Crippen LogP contribution is -2.61. The van der Waals surface area contributed by atoms with E-state index in [4.69, 9.17) is 42.4 Å². The Kier molecular flexibility index (Phi) is 14.3. The molecule has 0 aromatic heterocycles. The van der Waals surface area contributed by atoms with Gasteiger partial charge in [-0.05, 0) is 107 Å². The number of benzene rings is 2. The Morgan fingerprint density at radius 2 is 1.06 bits per heavy atom. The van der Waals surface area contributed by atoms with Gasteiger partial charge in [-0.15, -0.1) is 0 Å². The van der Waals surface area contributed by atoms with Gasteiger partial charge in [-0.2, -0.15) is 0 Å². The summed E-state index contributed by atoms with van der Waals surface area (Å²) in [5.41, 5.74) is 2.05. The summed E-state index contributed by atoms with van der Waals surface area (Å²) in [4.78, 5) is 0. The average Bonchev–Trinajstić information content (AvgIpc) is 2.96. The average molecular weight is 789 g/mol. The van der Waals surface area contributed by atoms with Crippen molar-refractivity contribution in [3.63, 3.8) is 0 Å². The molecule has 4 rings (SSSR count). The summed E-state index contributed by atoms with van der Waals surface area (Å²) >= 11 is 0. The zero-order valence-electron chi connectivity index (χ0n) is 30.1. The van der Waals surface area contributed by atoms with Crippen molar-refractivity contribution < 1.29 is 42.4 Å². The van der Waals surface area contributed by atoms with E-state index in [2.05, 4.69) is 122 Å². The molecule has 2 aromatic carbocycles. The third kappa shape index (κ3) is 11.2. The summed E-state index contributed by atoms with van der Waals surface area (Å²) in [7, 11) is -15.5. The van der Waals surface area contributed by atoms with Gasteiger partial charge in [0.05, 0.1) is 6.61 Å². The van der Waals surface area contributed by atoms with Crippen molar-refractivity contribution in [2.24, 2.45) is 0 Å². The molecule has 5 unspecified atom stereocenters. The van der Waals surface area contributed by atoms with Crippen LogP contribution in [-0.4, -0.2) is 85.2 Å². The highest BCUT2D eigenvalue weighted by Gasteiger charge is 2.47. The normalized spacial score (nSPS) is 33.2. The molecular formula is C29H56O10Si8. The quantitative estimate of drug-likeness (QED) is 0.232. The van der Waals surface area contributed by atoms with E-state index >= 15 is 0 Å². The van der Waals surface area contributed by atoms with Gasteiger partial charge in [-0.25, -0.2) is 0 Å². The zero-order chi connectivity index (χ0) is 34.4. The maximum atomic E-state index is 6.55. The van der Waals surface area contributed by atoms with Crippen molar-refractivity contribution in [3.05, 3.63) is 59.7 Å². The molecule has 5 atom stereocenters. The molecule has 47 heavy (non-hydrogen) atoms. The van der Waals surface area contributed by atoms with Crippen molar-refractivity contribution in [1.82, 2.24) is 0 Å². The first-order valence-corrected chi connectivity index (χ1v) is 34.4. The molecule has 2 aromatic rings. The Hall–Kier alpha value is -0.545. The van der Waals surface area contributed by atoms with E-state index in [0.717, 1.165) is 30.4 Å². The molecule has 0 radical (unpaired) electrons. The molecule has 0 N–H and O–H groups in total. The predicted octanol–water partition coefficient (Wildman–Crippen LogP) is 4.88. The van der Waals surface area contributed by atoms with Crippen LogP contribution in [0.4, 0.5) is 0 Å². The molecule has 0 amide bonds. The Labute approximate surface area is 294 Å². The van der Waals surface area contributed by atoms with Crippen molar-refractivity contribution in [3.8, 4) is 11.5 Å². The molecule has 2 saturated heterocycles. The topological polar surface area (TPSA) is 92.3 Å². The van der Waals surface area contributed by atoms with Crippen LogP contribution in [0.15, 0.2) is 48.5 Å². The van der Waals surface area contributed by atoms with E-state index in [-0.39, 0.29) is 11.1 Å². The van der Waals surface area contributed by atoms with E-state index in [1.165, 1.54) is 11.1 Å². The largest absolute Gasteiger partial charge is 0.494 e. The summed E-state index contributed by atoms with van der Waals surface area (Å²) in [5.74, 6) is 1.68. The Bertz CT molecular complexity index is 1230. The maximum Gasteiger partial charge on any atom is 0.359 e. The number of ether oxygens (including phenoxy) is 2. The Morgan fingerprint density at radius 1 is 0.638 bits per heavy atom. The van der Waals surface area contributed by atoms with Gasteiger partial charge in [-0.1, -0.05) is 45.0 Å². The molecule has 0 spiro atoms. The van der Waals surface area contributed by atoms with E-state index in [0.29, 0.717) is 6.61 Å². The fourth-order valence-corrected chi connectivity index (χ4v) is 35.9. The van der Waals surface area contributed by atoms with Crippen LogP contribution in [0.2, 0.25) is 58.4 Å². The summed E-state index contributed by atoms with van der Waals surface area (Å²) in [5, 5.41) is 0. The lowest BCUT2D eigenvalue weighted by molar-refractivity contribution is 0.185. The van der Waals surface area contributed by atoms with Crippen LogP contribution in [0.3, 0.4) is 0 Å². The summed E-state index contributed by atoms with van der Waals surface area (Å²) in [6.07, 6.45) is 1.65. The summed E-state index contributed by atoms with van der Waals surface area (Å²) < 4.78 is 62.9. The van der Waals surface area contributed by atoms with Crippen molar-refractivity contribution >= 4 is 72.8 Å². The summed E-state index contributed by atoms with van der Waals surface area (Å²) in [6.45, 7) is 23.8. The second-order valence-corrected chi connectivity index (χ2v) is 33.6. The van der Waals surface area contributed by atoms with Gasteiger partial charge in [0.15, 0.2) is 0 Å². The molecule has 264 valence electrons.